The Kier molecular flexibility index (Phi) is 9.55. The van der Waals surface area contributed by atoms with E-state index in [-0.39, 0.29) is 18.1 Å². The second-order valence-electron chi connectivity index (χ2n) is 10.8. The van der Waals surface area contributed by atoms with Crippen molar-refractivity contribution in [1.29, 1.82) is 0 Å². The Labute approximate surface area is 201 Å². The molecule has 0 saturated heterocycles. The molecule has 2 atom stereocenters. The third-order valence-electron chi connectivity index (χ3n) is 6.91. The second-order valence-corrected chi connectivity index (χ2v) is 10.8. The molecule has 3 rings (SSSR count). The maximum atomic E-state index is 13.0. The average molecular weight is 450 g/mol. The van der Waals surface area contributed by atoms with Gasteiger partial charge >= 0.3 is 5.97 Å². The quantitative estimate of drug-likeness (QED) is 0.348. The van der Waals surface area contributed by atoms with Crippen molar-refractivity contribution >= 4 is 5.97 Å². The van der Waals surface area contributed by atoms with E-state index >= 15 is 0 Å². The summed E-state index contributed by atoms with van der Waals surface area (Å²) in [5.74, 6) is 0.708. The summed E-state index contributed by atoms with van der Waals surface area (Å²) in [6.45, 7) is 8.97. The summed E-state index contributed by atoms with van der Waals surface area (Å²) in [7, 11) is 0. The first-order valence-electron chi connectivity index (χ1n) is 12.9. The maximum absolute atomic E-state index is 13.0. The van der Waals surface area contributed by atoms with Gasteiger partial charge in [0, 0.05) is 18.6 Å². The Hall–Kier alpha value is -2.13. The van der Waals surface area contributed by atoms with E-state index in [1.165, 1.54) is 49.7 Å². The molecule has 3 nitrogen and oxygen atoms in total. The number of rotatable bonds is 10. The number of ether oxygens (including phenoxy) is 1. The molecule has 1 fully saturated rings. The van der Waals surface area contributed by atoms with Gasteiger partial charge in [-0.2, -0.15) is 0 Å². The molecule has 1 saturated carbocycles. The van der Waals surface area contributed by atoms with Crippen LogP contribution in [-0.2, 0) is 16.1 Å². The summed E-state index contributed by atoms with van der Waals surface area (Å²) >= 11 is 0. The molecule has 0 radical (unpaired) electrons. The van der Waals surface area contributed by atoms with E-state index in [0.29, 0.717) is 6.42 Å². The molecule has 0 aliphatic heterocycles. The van der Waals surface area contributed by atoms with E-state index in [1.54, 1.807) is 0 Å². The zero-order chi connectivity index (χ0) is 23.7. The third-order valence-corrected chi connectivity index (χ3v) is 6.91. The number of hydrogen-bond acceptors (Lipinski definition) is 3. The first-order valence-corrected chi connectivity index (χ1v) is 12.9. The lowest BCUT2D eigenvalue weighted by Crippen LogP contribution is -2.40. The van der Waals surface area contributed by atoms with E-state index in [0.717, 1.165) is 18.9 Å². The SMILES string of the molecule is C[C@@H](c1ccccc1)N(Cc1ccccc1)[C@@H](CCC1CCCCC1)CC(=O)OC(C)(C)C. The lowest BCUT2D eigenvalue weighted by molar-refractivity contribution is -0.156. The lowest BCUT2D eigenvalue weighted by atomic mass is 9.84. The Bertz CT molecular complexity index is 821. The fourth-order valence-corrected chi connectivity index (χ4v) is 5.16. The molecule has 0 bridgehead atoms. The molecule has 0 spiro atoms. The van der Waals surface area contributed by atoms with Gasteiger partial charge in [-0.05, 0) is 57.6 Å². The van der Waals surface area contributed by atoms with Gasteiger partial charge in [-0.3, -0.25) is 9.69 Å². The van der Waals surface area contributed by atoms with Gasteiger partial charge in [0.25, 0.3) is 0 Å². The molecular formula is C30H43NO2. The number of benzene rings is 2. The first-order chi connectivity index (χ1) is 15.8. The van der Waals surface area contributed by atoms with Gasteiger partial charge in [0.1, 0.15) is 5.60 Å². The minimum atomic E-state index is -0.458. The second kappa shape index (κ2) is 12.4. The van der Waals surface area contributed by atoms with Crippen molar-refractivity contribution in [2.24, 2.45) is 5.92 Å². The van der Waals surface area contributed by atoms with Gasteiger partial charge in [-0.1, -0.05) is 92.8 Å². The lowest BCUT2D eigenvalue weighted by Gasteiger charge is -2.38. The first kappa shape index (κ1) is 25.5. The summed E-state index contributed by atoms with van der Waals surface area (Å²) in [6.07, 6.45) is 9.44. The van der Waals surface area contributed by atoms with Gasteiger partial charge in [0.2, 0.25) is 0 Å². The van der Waals surface area contributed by atoms with Crippen LogP contribution in [0.4, 0.5) is 0 Å². The van der Waals surface area contributed by atoms with E-state index < -0.39 is 5.60 Å². The van der Waals surface area contributed by atoms with Gasteiger partial charge in [-0.15, -0.1) is 0 Å². The van der Waals surface area contributed by atoms with Crippen molar-refractivity contribution in [1.82, 2.24) is 4.90 Å². The van der Waals surface area contributed by atoms with E-state index in [4.69, 9.17) is 4.74 Å². The van der Waals surface area contributed by atoms with Crippen molar-refractivity contribution in [2.45, 2.75) is 103 Å². The molecule has 3 heteroatoms. The molecule has 1 aliphatic carbocycles. The largest absolute Gasteiger partial charge is 0.460 e. The highest BCUT2D eigenvalue weighted by Gasteiger charge is 2.30. The van der Waals surface area contributed by atoms with Crippen molar-refractivity contribution < 1.29 is 9.53 Å². The van der Waals surface area contributed by atoms with Crippen LogP contribution in [0.1, 0.15) is 96.2 Å². The van der Waals surface area contributed by atoms with E-state index in [1.807, 2.05) is 20.8 Å². The Morgan fingerprint density at radius 1 is 0.970 bits per heavy atom. The van der Waals surface area contributed by atoms with Gasteiger partial charge in [0.05, 0.1) is 6.42 Å². The Morgan fingerprint density at radius 2 is 1.58 bits per heavy atom. The van der Waals surface area contributed by atoms with Crippen LogP contribution in [0.3, 0.4) is 0 Å². The minimum absolute atomic E-state index is 0.0885. The van der Waals surface area contributed by atoms with Crippen LogP contribution >= 0.6 is 0 Å². The fourth-order valence-electron chi connectivity index (χ4n) is 5.16. The Balaban J connectivity index is 1.84. The number of carbonyl (C=O) groups is 1. The molecule has 2 aromatic carbocycles. The fraction of sp³-hybridized carbons (Fsp3) is 0.567. The monoisotopic (exact) mass is 449 g/mol. The number of carbonyl (C=O) groups excluding carboxylic acids is 1. The van der Waals surface area contributed by atoms with Crippen molar-refractivity contribution in [3.05, 3.63) is 71.8 Å². The highest BCUT2D eigenvalue weighted by molar-refractivity contribution is 5.70. The standard InChI is InChI=1S/C30H43NO2/c1-24(27-18-12-7-13-19-27)31(23-26-16-10-6-11-17-26)28(22-29(32)33-30(2,3)4)21-20-25-14-8-5-9-15-25/h6-7,10-13,16-19,24-25,28H,5,8-9,14-15,20-23H2,1-4H3/t24-,28-/m0/s1. The summed E-state index contributed by atoms with van der Waals surface area (Å²) in [5, 5.41) is 0. The number of hydrogen-bond donors (Lipinski definition) is 0. The van der Waals surface area contributed by atoms with E-state index in [2.05, 4.69) is 72.5 Å². The number of esters is 1. The van der Waals surface area contributed by atoms with Crippen LogP contribution in [0.25, 0.3) is 0 Å². The van der Waals surface area contributed by atoms with Crippen LogP contribution in [0.15, 0.2) is 60.7 Å². The van der Waals surface area contributed by atoms with Crippen molar-refractivity contribution in [3.63, 3.8) is 0 Å². The van der Waals surface area contributed by atoms with Crippen LogP contribution in [0.2, 0.25) is 0 Å². The smallest absolute Gasteiger partial charge is 0.307 e. The third kappa shape index (κ3) is 8.62. The summed E-state index contributed by atoms with van der Waals surface area (Å²) in [5.41, 5.74) is 2.12. The molecule has 0 heterocycles. The molecule has 1 aliphatic rings. The molecule has 0 aromatic heterocycles. The minimum Gasteiger partial charge on any atom is -0.460 e. The average Bonchev–Trinajstić information content (AvgIpc) is 2.80. The van der Waals surface area contributed by atoms with Gasteiger partial charge < -0.3 is 4.74 Å². The van der Waals surface area contributed by atoms with Crippen LogP contribution < -0.4 is 0 Å². The Morgan fingerprint density at radius 3 is 2.18 bits per heavy atom. The topological polar surface area (TPSA) is 29.5 Å². The zero-order valence-corrected chi connectivity index (χ0v) is 21.1. The van der Waals surface area contributed by atoms with E-state index in [9.17, 15) is 4.79 Å². The molecular weight excluding hydrogens is 406 g/mol. The molecule has 33 heavy (non-hydrogen) atoms. The summed E-state index contributed by atoms with van der Waals surface area (Å²) in [4.78, 5) is 15.5. The highest BCUT2D eigenvalue weighted by Crippen LogP contribution is 2.33. The molecule has 2 aromatic rings. The molecule has 0 amide bonds. The molecule has 0 N–H and O–H groups in total. The van der Waals surface area contributed by atoms with Gasteiger partial charge in [0.15, 0.2) is 0 Å². The summed E-state index contributed by atoms with van der Waals surface area (Å²) < 4.78 is 5.78. The predicted octanol–water partition coefficient (Wildman–Crippen LogP) is 7.71. The van der Waals surface area contributed by atoms with Crippen LogP contribution in [-0.4, -0.2) is 22.5 Å². The van der Waals surface area contributed by atoms with Crippen molar-refractivity contribution in [2.75, 3.05) is 0 Å². The van der Waals surface area contributed by atoms with Crippen LogP contribution in [0, 0.1) is 5.92 Å². The summed E-state index contributed by atoms with van der Waals surface area (Å²) in [6, 6.07) is 21.7. The van der Waals surface area contributed by atoms with Gasteiger partial charge in [-0.25, -0.2) is 0 Å². The molecule has 180 valence electrons. The molecule has 0 unspecified atom stereocenters. The zero-order valence-electron chi connectivity index (χ0n) is 21.1. The number of nitrogens with zero attached hydrogens (tertiary/aromatic N) is 1. The van der Waals surface area contributed by atoms with Crippen molar-refractivity contribution in [3.8, 4) is 0 Å². The predicted molar refractivity (Wildman–Crippen MR) is 137 cm³/mol. The normalized spacial score (nSPS) is 17.0. The highest BCUT2D eigenvalue weighted by atomic mass is 16.6. The maximum Gasteiger partial charge on any atom is 0.307 e. The van der Waals surface area contributed by atoms with Crippen LogP contribution in [0.5, 0.6) is 0 Å².